The van der Waals surface area contributed by atoms with E-state index >= 15 is 0 Å². The molecule has 0 spiro atoms. The molecular weight excluding hydrogens is 220 g/mol. The van der Waals surface area contributed by atoms with Gasteiger partial charge in [0, 0.05) is 25.3 Å². The normalized spacial score (nSPS) is 23.9. The molecule has 2 unspecified atom stereocenters. The zero-order valence-electron chi connectivity index (χ0n) is 11.9. The van der Waals surface area contributed by atoms with Crippen molar-refractivity contribution < 1.29 is 0 Å². The fourth-order valence-electron chi connectivity index (χ4n) is 3.02. The second kappa shape index (κ2) is 6.24. The smallest absolute Gasteiger partial charge is 0.0366 e. The molecule has 2 rings (SSSR count). The second-order valence-electron chi connectivity index (χ2n) is 5.73. The van der Waals surface area contributed by atoms with E-state index in [0.29, 0.717) is 0 Å². The Labute approximate surface area is 111 Å². The standard InChI is InChI=1S/C16H26N2/c1-13-5-4-6-16(11-13)18(3)15-9-7-14(8-10-15)12-17-2/h7-10,13,16-17H,4-6,11-12H2,1-3H3. The largest absolute Gasteiger partial charge is 0.372 e. The molecule has 2 heteroatoms. The van der Waals surface area contributed by atoms with E-state index in [1.54, 1.807) is 0 Å². The third-order valence-corrected chi connectivity index (χ3v) is 4.18. The van der Waals surface area contributed by atoms with Crippen molar-refractivity contribution in [3.63, 3.8) is 0 Å². The number of benzene rings is 1. The van der Waals surface area contributed by atoms with Gasteiger partial charge in [-0.15, -0.1) is 0 Å². The van der Waals surface area contributed by atoms with Crippen LogP contribution in [0.15, 0.2) is 24.3 Å². The summed E-state index contributed by atoms with van der Waals surface area (Å²) in [6.07, 6.45) is 5.48. The van der Waals surface area contributed by atoms with Crippen LogP contribution in [0.5, 0.6) is 0 Å². The highest BCUT2D eigenvalue weighted by molar-refractivity contribution is 5.47. The Morgan fingerprint density at radius 2 is 1.94 bits per heavy atom. The molecule has 1 aromatic rings. The molecule has 1 aliphatic carbocycles. The van der Waals surface area contributed by atoms with Gasteiger partial charge in [-0.25, -0.2) is 0 Å². The van der Waals surface area contributed by atoms with E-state index in [2.05, 4.69) is 48.5 Å². The van der Waals surface area contributed by atoms with E-state index in [-0.39, 0.29) is 0 Å². The van der Waals surface area contributed by atoms with Crippen LogP contribution in [0.2, 0.25) is 0 Å². The molecule has 18 heavy (non-hydrogen) atoms. The van der Waals surface area contributed by atoms with Crippen molar-refractivity contribution in [2.45, 2.75) is 45.2 Å². The van der Waals surface area contributed by atoms with Crippen LogP contribution in [-0.2, 0) is 6.54 Å². The van der Waals surface area contributed by atoms with Gasteiger partial charge < -0.3 is 10.2 Å². The Morgan fingerprint density at radius 3 is 2.56 bits per heavy atom. The van der Waals surface area contributed by atoms with Crippen LogP contribution >= 0.6 is 0 Å². The second-order valence-corrected chi connectivity index (χ2v) is 5.73. The summed E-state index contributed by atoms with van der Waals surface area (Å²) in [5.74, 6) is 0.884. The fourth-order valence-corrected chi connectivity index (χ4v) is 3.02. The van der Waals surface area contributed by atoms with Crippen molar-refractivity contribution in [3.8, 4) is 0 Å². The lowest BCUT2D eigenvalue weighted by Crippen LogP contribution is -2.35. The first-order valence-corrected chi connectivity index (χ1v) is 7.17. The van der Waals surface area contributed by atoms with Crippen molar-refractivity contribution in [1.82, 2.24) is 5.32 Å². The molecule has 0 amide bonds. The molecule has 0 bridgehead atoms. The molecular formula is C16H26N2. The van der Waals surface area contributed by atoms with Gasteiger partial charge in [0.1, 0.15) is 0 Å². The highest BCUT2D eigenvalue weighted by Crippen LogP contribution is 2.29. The summed E-state index contributed by atoms with van der Waals surface area (Å²) in [4.78, 5) is 2.47. The summed E-state index contributed by atoms with van der Waals surface area (Å²) >= 11 is 0. The summed E-state index contributed by atoms with van der Waals surface area (Å²) in [6, 6.07) is 9.70. The summed E-state index contributed by atoms with van der Waals surface area (Å²) in [7, 11) is 4.24. The predicted molar refractivity (Wildman–Crippen MR) is 79.0 cm³/mol. The highest BCUT2D eigenvalue weighted by atomic mass is 15.1. The predicted octanol–water partition coefficient (Wildman–Crippen LogP) is 3.42. The van der Waals surface area contributed by atoms with Gasteiger partial charge in [0.05, 0.1) is 0 Å². The van der Waals surface area contributed by atoms with Crippen molar-refractivity contribution in [2.75, 3.05) is 19.0 Å². The maximum Gasteiger partial charge on any atom is 0.0366 e. The summed E-state index contributed by atoms with van der Waals surface area (Å²) in [5.41, 5.74) is 2.71. The van der Waals surface area contributed by atoms with E-state index in [0.717, 1.165) is 18.5 Å². The first kappa shape index (κ1) is 13.4. The average Bonchev–Trinajstić information content (AvgIpc) is 2.39. The van der Waals surface area contributed by atoms with Crippen LogP contribution in [0.25, 0.3) is 0 Å². The van der Waals surface area contributed by atoms with Crippen molar-refractivity contribution in [1.29, 1.82) is 0 Å². The molecule has 100 valence electrons. The van der Waals surface area contributed by atoms with Crippen LogP contribution in [-0.4, -0.2) is 20.1 Å². The zero-order chi connectivity index (χ0) is 13.0. The van der Waals surface area contributed by atoms with Gasteiger partial charge in [-0.05, 0) is 43.5 Å². The van der Waals surface area contributed by atoms with Crippen molar-refractivity contribution >= 4 is 5.69 Å². The number of anilines is 1. The van der Waals surface area contributed by atoms with Gasteiger partial charge in [0.25, 0.3) is 0 Å². The number of nitrogens with one attached hydrogen (secondary N) is 1. The van der Waals surface area contributed by atoms with E-state index < -0.39 is 0 Å². The molecule has 0 heterocycles. The summed E-state index contributed by atoms with van der Waals surface area (Å²) in [5, 5.41) is 3.19. The number of rotatable bonds is 4. The first-order valence-electron chi connectivity index (χ1n) is 7.17. The van der Waals surface area contributed by atoms with Crippen LogP contribution in [0.1, 0.15) is 38.2 Å². The van der Waals surface area contributed by atoms with E-state index in [4.69, 9.17) is 0 Å². The minimum atomic E-state index is 0.726. The van der Waals surface area contributed by atoms with Crippen LogP contribution in [0.3, 0.4) is 0 Å². The van der Waals surface area contributed by atoms with Gasteiger partial charge >= 0.3 is 0 Å². The Morgan fingerprint density at radius 1 is 1.22 bits per heavy atom. The Kier molecular flexibility index (Phi) is 4.65. The van der Waals surface area contributed by atoms with Crippen LogP contribution in [0, 0.1) is 5.92 Å². The molecule has 1 N–H and O–H groups in total. The molecule has 1 fully saturated rings. The van der Waals surface area contributed by atoms with E-state index in [9.17, 15) is 0 Å². The van der Waals surface area contributed by atoms with E-state index in [1.165, 1.54) is 36.9 Å². The monoisotopic (exact) mass is 246 g/mol. The molecule has 1 aromatic carbocycles. The maximum atomic E-state index is 3.19. The SMILES string of the molecule is CNCc1ccc(N(C)C2CCCC(C)C2)cc1. The molecule has 2 atom stereocenters. The average molecular weight is 246 g/mol. The third kappa shape index (κ3) is 3.26. The third-order valence-electron chi connectivity index (χ3n) is 4.18. The number of nitrogens with zero attached hydrogens (tertiary/aromatic N) is 1. The number of hydrogen-bond donors (Lipinski definition) is 1. The van der Waals surface area contributed by atoms with Crippen molar-refractivity contribution in [3.05, 3.63) is 29.8 Å². The molecule has 0 saturated heterocycles. The molecule has 1 saturated carbocycles. The summed E-state index contributed by atoms with van der Waals surface area (Å²) in [6.45, 7) is 3.33. The van der Waals surface area contributed by atoms with Crippen LogP contribution in [0.4, 0.5) is 5.69 Å². The maximum absolute atomic E-state index is 3.19. The lowest BCUT2D eigenvalue weighted by atomic mass is 9.86. The Hall–Kier alpha value is -1.02. The highest BCUT2D eigenvalue weighted by Gasteiger charge is 2.22. The minimum Gasteiger partial charge on any atom is -0.372 e. The Bertz CT molecular complexity index is 358. The van der Waals surface area contributed by atoms with Gasteiger partial charge in [-0.3, -0.25) is 0 Å². The molecule has 0 radical (unpaired) electrons. The lowest BCUT2D eigenvalue weighted by Gasteiger charge is -2.35. The molecule has 2 nitrogen and oxygen atoms in total. The summed E-state index contributed by atoms with van der Waals surface area (Å²) < 4.78 is 0. The van der Waals surface area contributed by atoms with E-state index in [1.807, 2.05) is 7.05 Å². The van der Waals surface area contributed by atoms with Gasteiger partial charge in [-0.2, -0.15) is 0 Å². The minimum absolute atomic E-state index is 0.726. The van der Waals surface area contributed by atoms with Crippen LogP contribution < -0.4 is 10.2 Å². The lowest BCUT2D eigenvalue weighted by molar-refractivity contribution is 0.336. The molecule has 0 aliphatic heterocycles. The molecule has 0 aromatic heterocycles. The van der Waals surface area contributed by atoms with Gasteiger partial charge in [0.15, 0.2) is 0 Å². The van der Waals surface area contributed by atoms with Crippen molar-refractivity contribution in [2.24, 2.45) is 5.92 Å². The topological polar surface area (TPSA) is 15.3 Å². The zero-order valence-corrected chi connectivity index (χ0v) is 11.9. The fraction of sp³-hybridized carbons (Fsp3) is 0.625. The number of hydrogen-bond acceptors (Lipinski definition) is 2. The quantitative estimate of drug-likeness (QED) is 0.875. The molecule has 1 aliphatic rings. The first-order chi connectivity index (χ1) is 8.70. The van der Waals surface area contributed by atoms with Gasteiger partial charge in [0.2, 0.25) is 0 Å². The van der Waals surface area contributed by atoms with Gasteiger partial charge in [-0.1, -0.05) is 31.9 Å². The Balaban J connectivity index is 2.01.